The van der Waals surface area contributed by atoms with Crippen LogP contribution >= 0.6 is 11.3 Å². The molecule has 0 amide bonds. The number of anilines is 1. The summed E-state index contributed by atoms with van der Waals surface area (Å²) >= 11 is 1.70. The molecule has 1 fully saturated rings. The molecule has 0 unspecified atom stereocenters. The van der Waals surface area contributed by atoms with Crippen LogP contribution < -0.4 is 4.90 Å². The van der Waals surface area contributed by atoms with Gasteiger partial charge in [0.15, 0.2) is 5.82 Å². The van der Waals surface area contributed by atoms with Crippen LogP contribution in [0.3, 0.4) is 0 Å². The number of rotatable bonds is 6. The first kappa shape index (κ1) is 27.4. The zero-order valence-electron chi connectivity index (χ0n) is 23.9. The number of carbonyl (C=O) groups excluding carboxylic acids is 1. The van der Waals surface area contributed by atoms with Gasteiger partial charge in [0, 0.05) is 41.2 Å². The number of aliphatic hydroxyl groups is 1. The van der Waals surface area contributed by atoms with Crippen LogP contribution in [0.5, 0.6) is 0 Å². The third-order valence-corrected chi connectivity index (χ3v) is 9.60. The van der Waals surface area contributed by atoms with E-state index in [9.17, 15) is 9.90 Å². The van der Waals surface area contributed by atoms with Gasteiger partial charge < -0.3 is 14.7 Å². The van der Waals surface area contributed by atoms with Crippen LogP contribution in [-0.2, 0) is 16.0 Å². The predicted molar refractivity (Wildman–Crippen MR) is 161 cm³/mol. The van der Waals surface area contributed by atoms with E-state index in [0.717, 1.165) is 59.3 Å². The summed E-state index contributed by atoms with van der Waals surface area (Å²) in [5, 5.41) is 21.0. The number of nitrogens with zero attached hydrogens (tertiary/aromatic N) is 5. The van der Waals surface area contributed by atoms with Gasteiger partial charge in [-0.05, 0) is 56.9 Å². The number of esters is 1. The third kappa shape index (κ3) is 5.20. The summed E-state index contributed by atoms with van der Waals surface area (Å²) in [6, 6.07) is 18.2. The van der Waals surface area contributed by atoms with Crippen molar-refractivity contribution in [1.82, 2.24) is 14.8 Å². The summed E-state index contributed by atoms with van der Waals surface area (Å²) in [7, 11) is 1.39. The van der Waals surface area contributed by atoms with E-state index in [1.807, 2.05) is 29.7 Å². The zero-order valence-corrected chi connectivity index (χ0v) is 24.7. The van der Waals surface area contributed by atoms with E-state index in [4.69, 9.17) is 9.73 Å². The van der Waals surface area contributed by atoms with Crippen molar-refractivity contribution in [3.8, 4) is 5.00 Å². The summed E-state index contributed by atoms with van der Waals surface area (Å²) in [5.41, 5.74) is 5.68. The number of thiophene rings is 1. The monoisotopic (exact) mass is 569 g/mol. The summed E-state index contributed by atoms with van der Waals surface area (Å²) in [5.74, 6) is 1.08. The number of aliphatic imine (C=N–C) groups is 1. The molecule has 4 heterocycles. The van der Waals surface area contributed by atoms with Gasteiger partial charge >= 0.3 is 5.97 Å². The van der Waals surface area contributed by atoms with Crippen LogP contribution in [0.4, 0.5) is 5.69 Å². The van der Waals surface area contributed by atoms with Gasteiger partial charge in [-0.3, -0.25) is 14.4 Å². The Hall–Kier alpha value is -3.82. The van der Waals surface area contributed by atoms with E-state index in [2.05, 4.69) is 65.3 Å². The number of aromatic nitrogens is 3. The second kappa shape index (κ2) is 10.9. The van der Waals surface area contributed by atoms with E-state index in [-0.39, 0.29) is 12.4 Å². The van der Waals surface area contributed by atoms with Crippen LogP contribution in [0, 0.1) is 20.8 Å². The Kier molecular flexibility index (Phi) is 7.25. The lowest BCUT2D eigenvalue weighted by molar-refractivity contribution is -0.141. The van der Waals surface area contributed by atoms with Crippen LogP contribution in [0.1, 0.15) is 64.1 Å². The van der Waals surface area contributed by atoms with Gasteiger partial charge in [0.25, 0.3) is 0 Å². The first-order valence-electron chi connectivity index (χ1n) is 14.1. The summed E-state index contributed by atoms with van der Waals surface area (Å²) in [6.07, 6.45) is 2.21. The second-order valence-electron chi connectivity index (χ2n) is 11.1. The van der Waals surface area contributed by atoms with Crippen molar-refractivity contribution in [1.29, 1.82) is 0 Å². The zero-order chi connectivity index (χ0) is 28.7. The highest BCUT2D eigenvalue weighted by Gasteiger charge is 2.34. The Bertz CT molecular complexity index is 1600. The molecule has 1 N–H and O–H groups in total. The molecule has 0 spiro atoms. The topological polar surface area (TPSA) is 92.8 Å². The maximum absolute atomic E-state index is 12.4. The molecule has 2 aromatic heterocycles. The molecule has 0 radical (unpaired) electrons. The Morgan fingerprint density at radius 2 is 1.76 bits per heavy atom. The van der Waals surface area contributed by atoms with Gasteiger partial charge in [-0.1, -0.05) is 42.5 Å². The smallest absolute Gasteiger partial charge is 0.308 e. The van der Waals surface area contributed by atoms with Crippen molar-refractivity contribution in [3.63, 3.8) is 0 Å². The van der Waals surface area contributed by atoms with Gasteiger partial charge in [0.05, 0.1) is 24.8 Å². The van der Waals surface area contributed by atoms with Gasteiger partial charge in [-0.25, -0.2) is 0 Å². The maximum atomic E-state index is 12.4. The number of methoxy groups -OCH3 is 1. The molecule has 1 saturated heterocycles. The molecule has 2 aliphatic heterocycles. The standard InChI is InChI=1S/C32H35N5O3S/c1-20-21(2)41-31-28(20)29(33-26(18-27(38)40-4)30-35-34-22(3)37(30)31)24-10-12-25(13-11-24)36-16-14-32(39,15-17-36)19-23-8-6-5-7-9-23/h5-13,26,39H,14-19H2,1-4H3/t26-/m0/s1. The molecule has 9 heteroatoms. The van der Waals surface area contributed by atoms with E-state index >= 15 is 0 Å². The molecule has 0 aliphatic carbocycles. The molecule has 212 valence electrons. The average molecular weight is 570 g/mol. The Morgan fingerprint density at radius 3 is 2.44 bits per heavy atom. The van der Waals surface area contributed by atoms with Gasteiger partial charge in [-0.15, -0.1) is 21.5 Å². The van der Waals surface area contributed by atoms with Crippen LogP contribution in [-0.4, -0.2) is 57.4 Å². The predicted octanol–water partition coefficient (Wildman–Crippen LogP) is 5.28. The van der Waals surface area contributed by atoms with E-state index in [1.165, 1.54) is 23.1 Å². The molecular weight excluding hydrogens is 534 g/mol. The van der Waals surface area contributed by atoms with Gasteiger partial charge in [-0.2, -0.15) is 0 Å². The minimum atomic E-state index is -0.677. The minimum Gasteiger partial charge on any atom is -0.469 e. The van der Waals surface area contributed by atoms with Crippen LogP contribution in [0.15, 0.2) is 59.6 Å². The lowest BCUT2D eigenvalue weighted by Gasteiger charge is -2.39. The number of hydrogen-bond acceptors (Lipinski definition) is 8. The number of piperidine rings is 1. The SMILES string of the molecule is COC(=O)C[C@@H]1N=C(c2ccc(N3CCC(O)(Cc4ccccc4)CC3)cc2)c2c(sc(C)c2C)-n2c(C)nnc21. The van der Waals surface area contributed by atoms with Crippen LogP contribution in [0.25, 0.3) is 5.00 Å². The maximum Gasteiger partial charge on any atom is 0.308 e. The molecule has 0 bridgehead atoms. The fourth-order valence-electron chi connectivity index (χ4n) is 5.93. The summed E-state index contributed by atoms with van der Waals surface area (Å²) in [6.45, 7) is 7.77. The van der Waals surface area contributed by atoms with Crippen molar-refractivity contribution in [2.45, 2.75) is 58.1 Å². The van der Waals surface area contributed by atoms with E-state index < -0.39 is 11.6 Å². The number of hydrogen-bond donors (Lipinski definition) is 1. The van der Waals surface area contributed by atoms with Crippen molar-refractivity contribution >= 4 is 28.7 Å². The first-order chi connectivity index (χ1) is 19.8. The van der Waals surface area contributed by atoms with E-state index in [1.54, 1.807) is 11.3 Å². The van der Waals surface area contributed by atoms with Crippen molar-refractivity contribution in [2.75, 3.05) is 25.1 Å². The number of fused-ring (bicyclic) bond motifs is 3. The quantitative estimate of drug-likeness (QED) is 0.318. The lowest BCUT2D eigenvalue weighted by atomic mass is 9.85. The van der Waals surface area contributed by atoms with Gasteiger partial charge in [0.2, 0.25) is 0 Å². The molecule has 0 saturated carbocycles. The van der Waals surface area contributed by atoms with E-state index in [0.29, 0.717) is 12.2 Å². The molecule has 1 atom stereocenters. The van der Waals surface area contributed by atoms with Gasteiger partial charge in [0.1, 0.15) is 16.9 Å². The molecule has 6 rings (SSSR count). The highest BCUT2D eigenvalue weighted by Crippen LogP contribution is 2.40. The molecule has 41 heavy (non-hydrogen) atoms. The summed E-state index contributed by atoms with van der Waals surface area (Å²) in [4.78, 5) is 21.1. The highest BCUT2D eigenvalue weighted by atomic mass is 32.1. The Morgan fingerprint density at radius 1 is 1.05 bits per heavy atom. The van der Waals surface area contributed by atoms with Crippen molar-refractivity contribution in [2.24, 2.45) is 4.99 Å². The number of aryl methyl sites for hydroxylation is 2. The fraction of sp³-hybridized carbons (Fsp3) is 0.375. The second-order valence-corrected chi connectivity index (χ2v) is 12.3. The highest BCUT2D eigenvalue weighted by molar-refractivity contribution is 7.15. The largest absolute Gasteiger partial charge is 0.469 e. The van der Waals surface area contributed by atoms with Crippen LogP contribution in [0.2, 0.25) is 0 Å². The molecule has 2 aliphatic rings. The molecule has 8 nitrogen and oxygen atoms in total. The minimum absolute atomic E-state index is 0.0862. The lowest BCUT2D eigenvalue weighted by Crippen LogP contribution is -2.45. The Balaban J connectivity index is 1.29. The molecule has 4 aromatic rings. The number of carbonyl (C=O) groups is 1. The fourth-order valence-corrected chi connectivity index (χ4v) is 7.14. The normalized spacial score (nSPS) is 17.8. The number of benzene rings is 2. The van der Waals surface area contributed by atoms with Crippen molar-refractivity contribution < 1.29 is 14.6 Å². The third-order valence-electron chi connectivity index (χ3n) is 8.40. The molecule has 2 aromatic carbocycles. The Labute approximate surface area is 244 Å². The number of ether oxygens (including phenoxy) is 1. The molecular formula is C32H35N5O3S. The summed E-state index contributed by atoms with van der Waals surface area (Å²) < 4.78 is 7.05. The van der Waals surface area contributed by atoms with Crippen molar-refractivity contribution in [3.05, 3.63) is 93.4 Å². The first-order valence-corrected chi connectivity index (χ1v) is 14.9. The average Bonchev–Trinajstić information content (AvgIpc) is 3.45.